The summed E-state index contributed by atoms with van der Waals surface area (Å²) in [4.78, 5) is 0. The van der Waals surface area contributed by atoms with E-state index in [1.54, 1.807) is 18.2 Å². The molecule has 0 aliphatic rings. The molecular weight excluding hydrogens is 230 g/mol. The third-order valence-corrected chi connectivity index (χ3v) is 2.08. The van der Waals surface area contributed by atoms with E-state index in [1.165, 1.54) is 0 Å². The average molecular weight is 240 g/mol. The number of nitrogens with one attached hydrogen (secondary N) is 1. The van der Waals surface area contributed by atoms with E-state index in [-0.39, 0.29) is 5.75 Å². The van der Waals surface area contributed by atoms with Crippen molar-refractivity contribution >= 4 is 15.9 Å². The monoisotopic (exact) mass is 239 g/mol. The van der Waals surface area contributed by atoms with Gasteiger partial charge in [0.1, 0.15) is 5.75 Å². The Kier molecular flexibility index (Phi) is 3.81. The van der Waals surface area contributed by atoms with Gasteiger partial charge in [0, 0.05) is 5.56 Å². The largest absolute Gasteiger partial charge is 0.507 e. The molecule has 68 valence electrons. The number of halogens is 1. The third kappa shape index (κ3) is 3.10. The van der Waals surface area contributed by atoms with Crippen LogP contribution in [0.4, 0.5) is 0 Å². The molecule has 1 rings (SSSR count). The molecule has 0 saturated heterocycles. The van der Waals surface area contributed by atoms with E-state index in [0.29, 0.717) is 11.0 Å². The predicted octanol–water partition coefficient (Wildman–Crippen LogP) is 1.73. The molecule has 1 aromatic carbocycles. The zero-order valence-corrected chi connectivity index (χ0v) is 8.85. The van der Waals surface area contributed by atoms with Gasteiger partial charge in [-0.2, -0.15) is 0 Å². The van der Waals surface area contributed by atoms with Gasteiger partial charge < -0.3 is 10.4 Å². The number of hydrogen-bond donors (Lipinski definition) is 2. The molecule has 0 unspecified atom stereocenters. The third-order valence-electron chi connectivity index (χ3n) is 1.45. The van der Waals surface area contributed by atoms with Gasteiger partial charge in [-0.15, -0.1) is 0 Å². The summed E-state index contributed by atoms with van der Waals surface area (Å²) in [6.07, 6.45) is 0. The maximum atomic E-state index is 9.21. The molecule has 0 heterocycles. The van der Waals surface area contributed by atoms with Crippen molar-refractivity contribution in [3.05, 3.63) is 28.2 Å². The minimum Gasteiger partial charge on any atom is -0.507 e. The molecule has 3 heteroatoms. The number of aromatic hydroxyl groups is 1. The maximum absolute atomic E-state index is 9.21. The first-order chi connectivity index (χ1) is 6.24. The zero-order valence-electron chi connectivity index (χ0n) is 7.26. The van der Waals surface area contributed by atoms with Crippen LogP contribution in [0.1, 0.15) is 5.56 Å². The highest BCUT2D eigenvalue weighted by Crippen LogP contribution is 2.23. The zero-order chi connectivity index (χ0) is 9.68. The van der Waals surface area contributed by atoms with Gasteiger partial charge in [0.25, 0.3) is 0 Å². The van der Waals surface area contributed by atoms with Crippen molar-refractivity contribution in [2.24, 2.45) is 0 Å². The Morgan fingerprint density at radius 3 is 2.92 bits per heavy atom. The van der Waals surface area contributed by atoms with Crippen molar-refractivity contribution in [3.8, 4) is 17.6 Å². The normalized spacial score (nSPS) is 9.08. The van der Waals surface area contributed by atoms with Crippen LogP contribution in [0.2, 0.25) is 0 Å². The van der Waals surface area contributed by atoms with Gasteiger partial charge in [-0.25, -0.2) is 0 Å². The summed E-state index contributed by atoms with van der Waals surface area (Å²) in [5, 5.41) is 12.1. The summed E-state index contributed by atoms with van der Waals surface area (Å²) in [7, 11) is 1.85. The van der Waals surface area contributed by atoms with Crippen LogP contribution in [0.25, 0.3) is 0 Å². The molecule has 2 N–H and O–H groups in total. The van der Waals surface area contributed by atoms with Crippen LogP contribution in [0.5, 0.6) is 5.75 Å². The first-order valence-electron chi connectivity index (χ1n) is 3.86. The fraction of sp³-hybridized carbons (Fsp3) is 0.200. The Bertz CT molecular complexity index is 352. The lowest BCUT2D eigenvalue weighted by atomic mass is 10.2. The van der Waals surface area contributed by atoms with E-state index in [4.69, 9.17) is 0 Å². The molecule has 13 heavy (non-hydrogen) atoms. The lowest BCUT2D eigenvalue weighted by Crippen LogP contribution is -2.04. The van der Waals surface area contributed by atoms with Crippen molar-refractivity contribution in [2.75, 3.05) is 13.6 Å². The highest BCUT2D eigenvalue weighted by molar-refractivity contribution is 9.10. The summed E-state index contributed by atoms with van der Waals surface area (Å²) in [6.45, 7) is 0.665. The molecular formula is C10H10BrNO. The standard InChI is InChI=1S/C10H10BrNO/c1-12-6-2-3-8-4-5-10(13)9(11)7-8/h4-5,7,12-13H,6H2,1H3. The second-order valence-electron chi connectivity index (χ2n) is 2.50. The SMILES string of the molecule is CNCC#Cc1ccc(O)c(Br)c1. The first-order valence-corrected chi connectivity index (χ1v) is 4.65. The molecule has 1 aromatic rings. The smallest absolute Gasteiger partial charge is 0.129 e. The van der Waals surface area contributed by atoms with Crippen molar-refractivity contribution in [1.82, 2.24) is 5.32 Å². The fourth-order valence-electron chi connectivity index (χ4n) is 0.819. The Labute approximate surface area is 86.1 Å². The minimum absolute atomic E-state index is 0.235. The van der Waals surface area contributed by atoms with E-state index in [0.717, 1.165) is 5.56 Å². The van der Waals surface area contributed by atoms with E-state index in [1.807, 2.05) is 7.05 Å². The summed E-state index contributed by atoms with van der Waals surface area (Å²) < 4.78 is 0.670. The van der Waals surface area contributed by atoms with Gasteiger partial charge in [-0.05, 0) is 41.2 Å². The number of rotatable bonds is 1. The highest BCUT2D eigenvalue weighted by Gasteiger charge is 1.95. The van der Waals surface area contributed by atoms with Crippen LogP contribution >= 0.6 is 15.9 Å². The number of benzene rings is 1. The van der Waals surface area contributed by atoms with Gasteiger partial charge in [0.2, 0.25) is 0 Å². The Morgan fingerprint density at radius 1 is 1.54 bits per heavy atom. The number of phenolic OH excluding ortho intramolecular Hbond substituents is 1. The number of hydrogen-bond acceptors (Lipinski definition) is 2. The van der Waals surface area contributed by atoms with E-state index in [2.05, 4.69) is 33.1 Å². The molecule has 0 aliphatic carbocycles. The van der Waals surface area contributed by atoms with Gasteiger partial charge in [-0.3, -0.25) is 0 Å². The second kappa shape index (κ2) is 4.90. The van der Waals surface area contributed by atoms with Crippen LogP contribution in [0.3, 0.4) is 0 Å². The van der Waals surface area contributed by atoms with Gasteiger partial charge in [0.05, 0.1) is 11.0 Å². The molecule has 0 radical (unpaired) electrons. The van der Waals surface area contributed by atoms with Crippen LogP contribution in [-0.2, 0) is 0 Å². The molecule has 0 aromatic heterocycles. The predicted molar refractivity (Wildman–Crippen MR) is 56.6 cm³/mol. The Morgan fingerprint density at radius 2 is 2.31 bits per heavy atom. The Hall–Kier alpha value is -0.980. The first kappa shape index (κ1) is 10.1. The van der Waals surface area contributed by atoms with Crippen molar-refractivity contribution in [1.29, 1.82) is 0 Å². The van der Waals surface area contributed by atoms with Crippen molar-refractivity contribution < 1.29 is 5.11 Å². The molecule has 0 fully saturated rings. The van der Waals surface area contributed by atoms with Crippen LogP contribution in [0, 0.1) is 11.8 Å². The number of phenols is 1. The van der Waals surface area contributed by atoms with Gasteiger partial charge in [0.15, 0.2) is 0 Å². The highest BCUT2D eigenvalue weighted by atomic mass is 79.9. The van der Waals surface area contributed by atoms with Crippen molar-refractivity contribution in [2.45, 2.75) is 0 Å². The lowest BCUT2D eigenvalue weighted by Gasteiger charge is -1.95. The van der Waals surface area contributed by atoms with E-state index < -0.39 is 0 Å². The maximum Gasteiger partial charge on any atom is 0.129 e. The second-order valence-corrected chi connectivity index (χ2v) is 3.35. The summed E-state index contributed by atoms with van der Waals surface area (Å²) >= 11 is 3.22. The molecule has 0 amide bonds. The Balaban J connectivity index is 2.81. The summed E-state index contributed by atoms with van der Waals surface area (Å²) in [5.74, 6) is 6.13. The molecule has 0 atom stereocenters. The van der Waals surface area contributed by atoms with Crippen LogP contribution < -0.4 is 5.32 Å². The molecule has 0 aliphatic heterocycles. The lowest BCUT2D eigenvalue weighted by molar-refractivity contribution is 0.472. The average Bonchev–Trinajstić information content (AvgIpc) is 2.12. The molecule has 0 bridgehead atoms. The van der Waals surface area contributed by atoms with E-state index in [9.17, 15) is 5.11 Å². The quantitative estimate of drug-likeness (QED) is 0.732. The van der Waals surface area contributed by atoms with Crippen LogP contribution in [0.15, 0.2) is 22.7 Å². The molecule has 0 saturated carbocycles. The van der Waals surface area contributed by atoms with Crippen molar-refractivity contribution in [3.63, 3.8) is 0 Å². The minimum atomic E-state index is 0.235. The van der Waals surface area contributed by atoms with Gasteiger partial charge >= 0.3 is 0 Å². The van der Waals surface area contributed by atoms with E-state index >= 15 is 0 Å². The topological polar surface area (TPSA) is 32.3 Å². The molecule has 2 nitrogen and oxygen atoms in total. The fourth-order valence-corrected chi connectivity index (χ4v) is 1.20. The van der Waals surface area contributed by atoms with Gasteiger partial charge in [-0.1, -0.05) is 11.8 Å². The summed E-state index contributed by atoms with van der Waals surface area (Å²) in [5.41, 5.74) is 0.889. The van der Waals surface area contributed by atoms with Crippen LogP contribution in [-0.4, -0.2) is 18.7 Å². The summed E-state index contributed by atoms with van der Waals surface area (Å²) in [6, 6.07) is 5.19. The molecule has 0 spiro atoms.